The van der Waals surface area contributed by atoms with Crippen LogP contribution in [0.5, 0.6) is 0 Å². The maximum Gasteiger partial charge on any atom is 0.262 e. The van der Waals surface area contributed by atoms with Crippen LogP contribution in [-0.2, 0) is 9.59 Å². The third kappa shape index (κ3) is 1.69. The van der Waals surface area contributed by atoms with Crippen molar-refractivity contribution >= 4 is 29.9 Å². The van der Waals surface area contributed by atoms with Gasteiger partial charge in [-0.1, -0.05) is 6.08 Å². The van der Waals surface area contributed by atoms with E-state index in [2.05, 4.69) is 10.3 Å². The van der Waals surface area contributed by atoms with Crippen LogP contribution in [0.1, 0.15) is 0 Å². The van der Waals surface area contributed by atoms with Crippen molar-refractivity contribution < 1.29 is 9.59 Å². The molecule has 0 aliphatic carbocycles. The molecule has 0 aromatic heterocycles. The Bertz CT molecular complexity index is 348. The standard InChI is InChI=1S/C8H9N3O2.ClH/c9-7(12)5-1-4-2-10-3-6(4)11-8(5)13;/h1,5,10H,2-3H2,(H2,9,12);1H. The summed E-state index contributed by atoms with van der Waals surface area (Å²) in [4.78, 5) is 25.8. The maximum atomic E-state index is 11.2. The number of aliphatic imine (C=N–C) groups is 1. The summed E-state index contributed by atoms with van der Waals surface area (Å²) >= 11 is 0. The van der Waals surface area contributed by atoms with Gasteiger partial charge in [-0.2, -0.15) is 0 Å². The van der Waals surface area contributed by atoms with Crippen LogP contribution in [0.3, 0.4) is 0 Å². The SMILES string of the molecule is Cl.NC(=O)C1C=C2CNCC2=NC1=O. The van der Waals surface area contributed by atoms with Crippen molar-refractivity contribution in [1.82, 2.24) is 5.32 Å². The zero-order valence-corrected chi connectivity index (χ0v) is 8.13. The smallest absolute Gasteiger partial charge is 0.262 e. The number of hydrogen-bond acceptors (Lipinski definition) is 3. The highest BCUT2D eigenvalue weighted by Gasteiger charge is 2.30. The van der Waals surface area contributed by atoms with E-state index in [4.69, 9.17) is 5.73 Å². The fraction of sp³-hybridized carbons (Fsp3) is 0.375. The Morgan fingerprint density at radius 2 is 2.29 bits per heavy atom. The molecule has 0 radical (unpaired) electrons. The molecule has 0 aromatic rings. The number of hydrogen-bond donors (Lipinski definition) is 2. The van der Waals surface area contributed by atoms with E-state index in [1.807, 2.05) is 0 Å². The number of nitrogens with zero attached hydrogens (tertiary/aromatic N) is 1. The highest BCUT2D eigenvalue weighted by atomic mass is 35.5. The predicted octanol–water partition coefficient (Wildman–Crippen LogP) is -0.980. The monoisotopic (exact) mass is 215 g/mol. The van der Waals surface area contributed by atoms with E-state index in [9.17, 15) is 9.59 Å². The zero-order valence-electron chi connectivity index (χ0n) is 7.32. The zero-order chi connectivity index (χ0) is 9.42. The Hall–Kier alpha value is -1.20. The van der Waals surface area contributed by atoms with Crippen molar-refractivity contribution in [1.29, 1.82) is 0 Å². The van der Waals surface area contributed by atoms with Crippen molar-refractivity contribution in [3.05, 3.63) is 11.6 Å². The number of nitrogens with two attached hydrogens (primary N) is 1. The molecule has 1 saturated heterocycles. The maximum absolute atomic E-state index is 11.2. The number of dihydropyridines is 1. The molecular formula is C8H10ClN3O2. The van der Waals surface area contributed by atoms with E-state index in [1.54, 1.807) is 6.08 Å². The average Bonchev–Trinajstić information content (AvgIpc) is 2.48. The minimum absolute atomic E-state index is 0. The molecule has 1 fully saturated rings. The summed E-state index contributed by atoms with van der Waals surface area (Å²) in [6.07, 6.45) is 1.60. The topological polar surface area (TPSA) is 84.6 Å². The molecule has 6 heteroatoms. The lowest BCUT2D eigenvalue weighted by Gasteiger charge is -2.11. The fourth-order valence-corrected chi connectivity index (χ4v) is 1.48. The van der Waals surface area contributed by atoms with Crippen LogP contribution in [0.15, 0.2) is 16.6 Å². The Balaban J connectivity index is 0.000000980. The molecule has 0 bridgehead atoms. The number of nitrogens with one attached hydrogen (secondary N) is 1. The number of fused-ring (bicyclic) bond motifs is 1. The number of halogens is 1. The Morgan fingerprint density at radius 1 is 1.57 bits per heavy atom. The van der Waals surface area contributed by atoms with E-state index in [0.717, 1.165) is 11.3 Å². The van der Waals surface area contributed by atoms with Gasteiger partial charge in [0.1, 0.15) is 5.92 Å². The lowest BCUT2D eigenvalue weighted by atomic mass is 9.99. The van der Waals surface area contributed by atoms with Gasteiger partial charge >= 0.3 is 0 Å². The van der Waals surface area contributed by atoms with Crippen molar-refractivity contribution in [3.63, 3.8) is 0 Å². The van der Waals surface area contributed by atoms with E-state index in [0.29, 0.717) is 13.1 Å². The Labute approximate surface area is 86.9 Å². The first-order chi connectivity index (χ1) is 6.18. The summed E-state index contributed by atoms with van der Waals surface area (Å²) in [6.45, 7) is 1.26. The third-order valence-electron chi connectivity index (χ3n) is 2.16. The summed E-state index contributed by atoms with van der Waals surface area (Å²) in [5, 5.41) is 3.04. The van der Waals surface area contributed by atoms with E-state index >= 15 is 0 Å². The molecule has 14 heavy (non-hydrogen) atoms. The van der Waals surface area contributed by atoms with Gasteiger partial charge in [-0.25, -0.2) is 4.99 Å². The normalized spacial score (nSPS) is 24.6. The van der Waals surface area contributed by atoms with Crippen molar-refractivity contribution in [2.45, 2.75) is 0 Å². The van der Waals surface area contributed by atoms with Crippen LogP contribution in [0.25, 0.3) is 0 Å². The first kappa shape index (κ1) is 10.9. The van der Waals surface area contributed by atoms with Crippen molar-refractivity contribution in [2.75, 3.05) is 13.1 Å². The largest absolute Gasteiger partial charge is 0.369 e. The van der Waals surface area contributed by atoms with E-state index < -0.39 is 17.7 Å². The number of carbonyl (C=O) groups is 2. The molecule has 1 atom stereocenters. The first-order valence-corrected chi connectivity index (χ1v) is 4.01. The molecule has 1 unspecified atom stereocenters. The molecule has 2 aliphatic rings. The Kier molecular flexibility index (Phi) is 3.03. The van der Waals surface area contributed by atoms with Crippen LogP contribution in [-0.4, -0.2) is 30.6 Å². The number of carbonyl (C=O) groups excluding carboxylic acids is 2. The van der Waals surface area contributed by atoms with E-state index in [1.165, 1.54) is 0 Å². The van der Waals surface area contributed by atoms with Crippen molar-refractivity contribution in [3.8, 4) is 0 Å². The predicted molar refractivity (Wildman–Crippen MR) is 53.3 cm³/mol. The second kappa shape index (κ2) is 3.89. The molecule has 2 amide bonds. The second-order valence-electron chi connectivity index (χ2n) is 3.07. The van der Waals surface area contributed by atoms with E-state index in [-0.39, 0.29) is 12.4 Å². The lowest BCUT2D eigenvalue weighted by molar-refractivity contribution is -0.129. The molecule has 2 rings (SSSR count). The minimum atomic E-state index is -0.862. The van der Waals surface area contributed by atoms with Gasteiger partial charge in [0.05, 0.1) is 5.71 Å². The van der Waals surface area contributed by atoms with Crippen LogP contribution < -0.4 is 11.1 Å². The molecule has 0 saturated carbocycles. The molecule has 3 N–H and O–H groups in total. The molecular weight excluding hydrogens is 206 g/mol. The highest BCUT2D eigenvalue weighted by Crippen LogP contribution is 2.16. The first-order valence-electron chi connectivity index (χ1n) is 4.01. The number of primary amides is 1. The summed E-state index contributed by atoms with van der Waals surface area (Å²) < 4.78 is 0. The number of amides is 2. The van der Waals surface area contributed by atoms with Gasteiger partial charge in [0.15, 0.2) is 0 Å². The summed E-state index contributed by atoms with van der Waals surface area (Å²) in [5.41, 5.74) is 6.70. The molecule has 5 nitrogen and oxygen atoms in total. The van der Waals surface area contributed by atoms with Gasteiger partial charge in [-0.3, -0.25) is 9.59 Å². The average molecular weight is 216 g/mol. The highest BCUT2D eigenvalue weighted by molar-refractivity contribution is 6.16. The molecule has 76 valence electrons. The quantitative estimate of drug-likeness (QED) is 0.552. The molecule has 2 aliphatic heterocycles. The number of rotatable bonds is 1. The van der Waals surface area contributed by atoms with Crippen LogP contribution in [0.4, 0.5) is 0 Å². The van der Waals surface area contributed by atoms with Crippen LogP contribution in [0.2, 0.25) is 0 Å². The van der Waals surface area contributed by atoms with Gasteiger partial charge in [-0.15, -0.1) is 12.4 Å². The second-order valence-corrected chi connectivity index (χ2v) is 3.07. The molecule has 0 spiro atoms. The van der Waals surface area contributed by atoms with Gasteiger partial charge in [0, 0.05) is 13.1 Å². The van der Waals surface area contributed by atoms with Gasteiger partial charge in [-0.05, 0) is 5.57 Å². The van der Waals surface area contributed by atoms with Gasteiger partial charge in [0.25, 0.3) is 5.91 Å². The summed E-state index contributed by atoms with van der Waals surface area (Å²) in [7, 11) is 0. The van der Waals surface area contributed by atoms with Crippen LogP contribution in [0, 0.1) is 5.92 Å². The molecule has 2 heterocycles. The minimum Gasteiger partial charge on any atom is -0.369 e. The van der Waals surface area contributed by atoms with Gasteiger partial charge < -0.3 is 11.1 Å². The Morgan fingerprint density at radius 3 is 2.93 bits per heavy atom. The lowest BCUT2D eigenvalue weighted by Crippen LogP contribution is -2.31. The van der Waals surface area contributed by atoms with Crippen molar-refractivity contribution in [2.24, 2.45) is 16.6 Å². The summed E-state index contributed by atoms with van der Waals surface area (Å²) in [6, 6.07) is 0. The van der Waals surface area contributed by atoms with Gasteiger partial charge in [0.2, 0.25) is 5.91 Å². The summed E-state index contributed by atoms with van der Waals surface area (Å²) in [5.74, 6) is -1.94. The molecule has 0 aromatic carbocycles. The third-order valence-corrected chi connectivity index (χ3v) is 2.16. The fourth-order valence-electron chi connectivity index (χ4n) is 1.48. The van der Waals surface area contributed by atoms with Crippen LogP contribution >= 0.6 is 12.4 Å².